The number of carbonyl (C=O) groups is 1. The van der Waals surface area contributed by atoms with Gasteiger partial charge < -0.3 is 5.32 Å². The maximum atomic E-state index is 11.8. The molecule has 0 fully saturated rings. The van der Waals surface area contributed by atoms with E-state index in [1.54, 1.807) is 0 Å². The van der Waals surface area contributed by atoms with Gasteiger partial charge >= 0.3 is 0 Å². The van der Waals surface area contributed by atoms with Gasteiger partial charge in [-0.05, 0) is 25.0 Å². The summed E-state index contributed by atoms with van der Waals surface area (Å²) in [6.45, 7) is 6.19. The van der Waals surface area contributed by atoms with E-state index < -0.39 is 0 Å². The molecule has 2 rings (SSSR count). The van der Waals surface area contributed by atoms with Crippen molar-refractivity contribution in [2.75, 3.05) is 5.75 Å². The van der Waals surface area contributed by atoms with E-state index in [0.717, 1.165) is 16.3 Å². The minimum absolute atomic E-state index is 0.0279. The van der Waals surface area contributed by atoms with Gasteiger partial charge in [-0.25, -0.2) is 0 Å². The van der Waals surface area contributed by atoms with E-state index in [2.05, 4.69) is 29.4 Å². The summed E-state index contributed by atoms with van der Waals surface area (Å²) in [5.74, 6) is 0.815. The molecular formula is C17H21N3OS. The fraction of sp³-hybridized carbons (Fsp3) is 0.353. The molecule has 22 heavy (non-hydrogen) atoms. The van der Waals surface area contributed by atoms with Crippen LogP contribution in [0.1, 0.15) is 20.8 Å². The van der Waals surface area contributed by atoms with Crippen LogP contribution in [0.4, 0.5) is 0 Å². The lowest BCUT2D eigenvalue weighted by atomic mass is 10.1. The van der Waals surface area contributed by atoms with Crippen molar-refractivity contribution in [2.24, 2.45) is 5.92 Å². The SMILES string of the molecule is CC(C)C(C)NC(=O)CSc1ccc(-c2ccccc2)nn1. The summed E-state index contributed by atoms with van der Waals surface area (Å²) in [5, 5.41) is 12.1. The van der Waals surface area contributed by atoms with Crippen molar-refractivity contribution in [1.82, 2.24) is 15.5 Å². The molecule has 1 amide bonds. The molecule has 1 aromatic carbocycles. The molecule has 1 unspecified atom stereocenters. The molecule has 1 atom stereocenters. The van der Waals surface area contributed by atoms with E-state index in [4.69, 9.17) is 0 Å². The van der Waals surface area contributed by atoms with E-state index in [-0.39, 0.29) is 11.9 Å². The van der Waals surface area contributed by atoms with Gasteiger partial charge in [-0.1, -0.05) is 55.9 Å². The number of hydrogen-bond acceptors (Lipinski definition) is 4. The Balaban J connectivity index is 1.88. The summed E-state index contributed by atoms with van der Waals surface area (Å²) in [6.07, 6.45) is 0. The fourth-order valence-electron chi connectivity index (χ4n) is 1.76. The number of benzene rings is 1. The summed E-state index contributed by atoms with van der Waals surface area (Å²) in [5.41, 5.74) is 1.87. The highest BCUT2D eigenvalue weighted by atomic mass is 32.2. The highest BCUT2D eigenvalue weighted by Crippen LogP contribution is 2.19. The number of thioether (sulfide) groups is 1. The fourth-order valence-corrected chi connectivity index (χ4v) is 2.39. The number of rotatable bonds is 6. The predicted octanol–water partition coefficient (Wildman–Crippen LogP) is 3.40. The maximum absolute atomic E-state index is 11.8. The molecule has 0 bridgehead atoms. The molecule has 0 spiro atoms. The number of aromatic nitrogens is 2. The van der Waals surface area contributed by atoms with Crippen molar-refractivity contribution in [3.8, 4) is 11.3 Å². The van der Waals surface area contributed by atoms with Crippen molar-refractivity contribution in [1.29, 1.82) is 0 Å². The van der Waals surface area contributed by atoms with Gasteiger partial charge in [0.2, 0.25) is 5.91 Å². The predicted molar refractivity (Wildman–Crippen MR) is 90.6 cm³/mol. The van der Waals surface area contributed by atoms with Crippen molar-refractivity contribution in [3.63, 3.8) is 0 Å². The van der Waals surface area contributed by atoms with Crippen LogP contribution < -0.4 is 5.32 Å². The zero-order valence-electron chi connectivity index (χ0n) is 13.1. The molecule has 116 valence electrons. The third-order valence-corrected chi connectivity index (χ3v) is 4.37. The highest BCUT2D eigenvalue weighted by molar-refractivity contribution is 7.99. The average Bonchev–Trinajstić information content (AvgIpc) is 2.54. The summed E-state index contributed by atoms with van der Waals surface area (Å²) < 4.78 is 0. The van der Waals surface area contributed by atoms with Gasteiger partial charge in [0.25, 0.3) is 0 Å². The first kappa shape index (κ1) is 16.5. The third kappa shape index (κ3) is 4.84. The van der Waals surface area contributed by atoms with Crippen LogP contribution in [0, 0.1) is 5.92 Å². The summed E-state index contributed by atoms with van der Waals surface area (Å²) in [4.78, 5) is 11.8. The minimum atomic E-state index is 0.0279. The lowest BCUT2D eigenvalue weighted by Gasteiger charge is -2.17. The van der Waals surface area contributed by atoms with E-state index in [1.165, 1.54) is 11.8 Å². The molecule has 2 aromatic rings. The second-order valence-corrected chi connectivity index (χ2v) is 6.51. The minimum Gasteiger partial charge on any atom is -0.353 e. The van der Waals surface area contributed by atoms with Crippen LogP contribution in [0.2, 0.25) is 0 Å². The second kappa shape index (κ2) is 7.94. The third-order valence-electron chi connectivity index (χ3n) is 3.45. The molecule has 5 heteroatoms. The molecular weight excluding hydrogens is 294 g/mol. The van der Waals surface area contributed by atoms with Gasteiger partial charge in [-0.3, -0.25) is 4.79 Å². The van der Waals surface area contributed by atoms with Crippen LogP contribution in [0.25, 0.3) is 11.3 Å². The van der Waals surface area contributed by atoms with Crippen LogP contribution in [0.15, 0.2) is 47.5 Å². The van der Waals surface area contributed by atoms with Gasteiger partial charge in [-0.2, -0.15) is 0 Å². The van der Waals surface area contributed by atoms with Crippen LogP contribution in [-0.4, -0.2) is 27.9 Å². The Labute approximate surface area is 135 Å². The highest BCUT2D eigenvalue weighted by Gasteiger charge is 2.11. The van der Waals surface area contributed by atoms with Gasteiger partial charge in [-0.15, -0.1) is 10.2 Å². The number of hydrogen-bond donors (Lipinski definition) is 1. The molecule has 1 aromatic heterocycles. The van der Waals surface area contributed by atoms with E-state index in [1.807, 2.05) is 49.4 Å². The average molecular weight is 315 g/mol. The molecule has 0 saturated heterocycles. The first-order valence-corrected chi connectivity index (χ1v) is 8.36. The number of nitrogens with one attached hydrogen (secondary N) is 1. The molecule has 0 radical (unpaired) electrons. The summed E-state index contributed by atoms with van der Waals surface area (Å²) in [6, 6.07) is 13.9. The molecule has 1 N–H and O–H groups in total. The van der Waals surface area contributed by atoms with Gasteiger partial charge in [0.05, 0.1) is 11.4 Å². The number of amides is 1. The molecule has 0 aliphatic rings. The largest absolute Gasteiger partial charge is 0.353 e. The standard InChI is InChI=1S/C17H21N3OS/c1-12(2)13(3)18-16(21)11-22-17-10-9-15(19-20-17)14-7-5-4-6-8-14/h4-10,12-13H,11H2,1-3H3,(H,18,21). The van der Waals surface area contributed by atoms with Crippen molar-refractivity contribution < 1.29 is 4.79 Å². The normalized spacial score (nSPS) is 12.2. The van der Waals surface area contributed by atoms with E-state index >= 15 is 0 Å². The summed E-state index contributed by atoms with van der Waals surface area (Å²) >= 11 is 1.40. The van der Waals surface area contributed by atoms with Crippen LogP contribution in [0.5, 0.6) is 0 Å². The maximum Gasteiger partial charge on any atom is 0.230 e. The Morgan fingerprint density at radius 1 is 1.09 bits per heavy atom. The van der Waals surface area contributed by atoms with Crippen molar-refractivity contribution in [2.45, 2.75) is 31.8 Å². The first-order valence-electron chi connectivity index (χ1n) is 7.37. The Morgan fingerprint density at radius 2 is 1.82 bits per heavy atom. The van der Waals surface area contributed by atoms with Gasteiger partial charge in [0.15, 0.2) is 0 Å². The van der Waals surface area contributed by atoms with Crippen LogP contribution >= 0.6 is 11.8 Å². The first-order chi connectivity index (χ1) is 10.6. The lowest BCUT2D eigenvalue weighted by Crippen LogP contribution is -2.37. The number of nitrogens with zero attached hydrogens (tertiary/aromatic N) is 2. The van der Waals surface area contributed by atoms with Gasteiger partial charge in [0.1, 0.15) is 5.03 Å². The lowest BCUT2D eigenvalue weighted by molar-refractivity contribution is -0.119. The van der Waals surface area contributed by atoms with Crippen LogP contribution in [-0.2, 0) is 4.79 Å². The topological polar surface area (TPSA) is 54.9 Å². The second-order valence-electron chi connectivity index (χ2n) is 5.51. The monoisotopic (exact) mass is 315 g/mol. The molecule has 0 aliphatic heterocycles. The van der Waals surface area contributed by atoms with Crippen molar-refractivity contribution >= 4 is 17.7 Å². The Kier molecular flexibility index (Phi) is 5.95. The van der Waals surface area contributed by atoms with E-state index in [9.17, 15) is 4.79 Å². The smallest absolute Gasteiger partial charge is 0.230 e. The number of carbonyl (C=O) groups excluding carboxylic acids is 1. The van der Waals surface area contributed by atoms with E-state index in [0.29, 0.717) is 11.7 Å². The molecule has 4 nitrogen and oxygen atoms in total. The Morgan fingerprint density at radius 3 is 2.41 bits per heavy atom. The zero-order valence-corrected chi connectivity index (χ0v) is 13.9. The Bertz CT molecular complexity index is 599. The van der Waals surface area contributed by atoms with Crippen molar-refractivity contribution in [3.05, 3.63) is 42.5 Å². The van der Waals surface area contributed by atoms with Crippen LogP contribution in [0.3, 0.4) is 0 Å². The molecule has 1 heterocycles. The van der Waals surface area contributed by atoms with Gasteiger partial charge in [0, 0.05) is 11.6 Å². The summed E-state index contributed by atoms with van der Waals surface area (Å²) in [7, 11) is 0. The molecule has 0 saturated carbocycles. The Hall–Kier alpha value is -1.88. The quantitative estimate of drug-likeness (QED) is 0.830. The molecule has 0 aliphatic carbocycles. The zero-order chi connectivity index (χ0) is 15.9.